The van der Waals surface area contributed by atoms with Gasteiger partial charge >= 0.3 is 6.18 Å². The molecule has 0 bridgehead atoms. The summed E-state index contributed by atoms with van der Waals surface area (Å²) in [5, 5.41) is 14.4. The molecule has 1 aromatic rings. The van der Waals surface area contributed by atoms with Crippen LogP contribution in [0.3, 0.4) is 0 Å². The third kappa shape index (κ3) is 4.41. The fraction of sp³-hybridized carbons (Fsp3) is 0.333. The maximum absolute atomic E-state index is 12.7. The molecule has 0 saturated heterocycles. The number of thiocarbonyl (C=S) groups is 1. The van der Waals surface area contributed by atoms with Gasteiger partial charge < -0.3 is 10.6 Å². The fourth-order valence-corrected chi connectivity index (χ4v) is 1.74. The molecule has 0 saturated carbocycles. The highest BCUT2D eigenvalue weighted by Gasteiger charge is 2.33. The van der Waals surface area contributed by atoms with Crippen LogP contribution in [0.1, 0.15) is 25.0 Å². The first-order valence-corrected chi connectivity index (χ1v) is 5.83. The molecule has 0 aliphatic heterocycles. The van der Waals surface area contributed by atoms with Gasteiger partial charge in [-0.05, 0) is 44.3 Å². The Morgan fingerprint density at radius 3 is 2.47 bits per heavy atom. The first-order valence-electron chi connectivity index (χ1n) is 5.43. The van der Waals surface area contributed by atoms with E-state index in [1.54, 1.807) is 0 Å². The zero-order chi connectivity index (χ0) is 14.6. The highest BCUT2D eigenvalue weighted by molar-refractivity contribution is 7.80. The van der Waals surface area contributed by atoms with Crippen molar-refractivity contribution < 1.29 is 13.2 Å². The second-order valence-electron chi connectivity index (χ2n) is 4.12. The normalized spacial score (nSPS) is 11.0. The van der Waals surface area contributed by atoms with E-state index < -0.39 is 17.3 Å². The van der Waals surface area contributed by atoms with Gasteiger partial charge in [0.05, 0.1) is 17.2 Å². The van der Waals surface area contributed by atoms with Crippen molar-refractivity contribution in [1.29, 1.82) is 5.26 Å². The Kier molecular flexibility index (Phi) is 4.72. The summed E-state index contributed by atoms with van der Waals surface area (Å²) in [6.45, 7) is 3.71. The van der Waals surface area contributed by atoms with E-state index in [1.165, 1.54) is 12.1 Å². The number of hydrogen-bond donors (Lipinski definition) is 2. The molecule has 0 radical (unpaired) electrons. The predicted octanol–water partition coefficient (Wildman–Crippen LogP) is 3.27. The summed E-state index contributed by atoms with van der Waals surface area (Å²) >= 11 is 4.94. The Balaban J connectivity index is 3.00. The number of halogens is 3. The third-order valence-corrected chi connectivity index (χ3v) is 2.34. The molecule has 0 heterocycles. The fourth-order valence-electron chi connectivity index (χ4n) is 1.38. The second kappa shape index (κ2) is 5.89. The summed E-state index contributed by atoms with van der Waals surface area (Å²) < 4.78 is 38.2. The molecule has 0 fully saturated rings. The zero-order valence-electron chi connectivity index (χ0n) is 10.3. The number of benzene rings is 1. The van der Waals surface area contributed by atoms with Crippen molar-refractivity contribution in [2.24, 2.45) is 0 Å². The van der Waals surface area contributed by atoms with E-state index >= 15 is 0 Å². The summed E-state index contributed by atoms with van der Waals surface area (Å²) in [4.78, 5) is 0. The van der Waals surface area contributed by atoms with Crippen LogP contribution in [0.4, 0.5) is 18.9 Å². The molecular formula is C12H12F3N3S. The number of nitriles is 1. The van der Waals surface area contributed by atoms with Gasteiger partial charge in [0, 0.05) is 11.7 Å². The Morgan fingerprint density at radius 2 is 2.00 bits per heavy atom. The lowest BCUT2D eigenvalue weighted by Crippen LogP contribution is -2.33. The van der Waals surface area contributed by atoms with Crippen molar-refractivity contribution in [3.63, 3.8) is 0 Å². The van der Waals surface area contributed by atoms with Crippen molar-refractivity contribution in [3.8, 4) is 6.07 Å². The van der Waals surface area contributed by atoms with Gasteiger partial charge in [0.25, 0.3) is 0 Å². The molecule has 0 spiro atoms. The number of rotatable bonds is 2. The molecule has 19 heavy (non-hydrogen) atoms. The van der Waals surface area contributed by atoms with Gasteiger partial charge in [0.1, 0.15) is 0 Å². The van der Waals surface area contributed by atoms with Crippen LogP contribution < -0.4 is 10.6 Å². The first kappa shape index (κ1) is 15.2. The molecular weight excluding hydrogens is 275 g/mol. The average molecular weight is 287 g/mol. The molecule has 7 heteroatoms. The lowest BCUT2D eigenvalue weighted by Gasteiger charge is -2.15. The van der Waals surface area contributed by atoms with E-state index in [2.05, 4.69) is 10.6 Å². The Labute approximate surface area is 114 Å². The standard InChI is InChI=1S/C12H12F3N3S/c1-7(2)17-11(19)18-9-4-3-8(6-16)10(5-9)12(13,14)15/h3-5,7H,1-2H3,(H2,17,18,19). The topological polar surface area (TPSA) is 47.8 Å². The molecule has 102 valence electrons. The van der Waals surface area contributed by atoms with E-state index in [1.807, 2.05) is 13.8 Å². The van der Waals surface area contributed by atoms with Crippen LogP contribution in [-0.4, -0.2) is 11.2 Å². The molecule has 0 aromatic heterocycles. The third-order valence-electron chi connectivity index (χ3n) is 2.12. The summed E-state index contributed by atoms with van der Waals surface area (Å²) in [7, 11) is 0. The molecule has 0 aliphatic carbocycles. The Morgan fingerprint density at radius 1 is 1.37 bits per heavy atom. The van der Waals surface area contributed by atoms with Gasteiger partial charge in [-0.25, -0.2) is 0 Å². The van der Waals surface area contributed by atoms with Crippen LogP contribution in [0.5, 0.6) is 0 Å². The van der Waals surface area contributed by atoms with E-state index in [9.17, 15) is 13.2 Å². The number of alkyl halides is 3. The van der Waals surface area contributed by atoms with Gasteiger partial charge in [0.2, 0.25) is 0 Å². The number of nitrogens with zero attached hydrogens (tertiary/aromatic N) is 1. The minimum atomic E-state index is -4.57. The van der Waals surface area contributed by atoms with Crippen LogP contribution >= 0.6 is 12.2 Å². The zero-order valence-corrected chi connectivity index (χ0v) is 11.1. The maximum Gasteiger partial charge on any atom is 0.417 e. The van der Waals surface area contributed by atoms with E-state index in [4.69, 9.17) is 17.5 Å². The van der Waals surface area contributed by atoms with Gasteiger partial charge in [0.15, 0.2) is 5.11 Å². The summed E-state index contributed by atoms with van der Waals surface area (Å²) in [6, 6.07) is 4.95. The van der Waals surface area contributed by atoms with E-state index in [0.29, 0.717) is 0 Å². The molecule has 0 atom stereocenters. The summed E-state index contributed by atoms with van der Waals surface area (Å²) in [5.41, 5.74) is -1.21. The van der Waals surface area contributed by atoms with Crippen molar-refractivity contribution in [3.05, 3.63) is 29.3 Å². The van der Waals surface area contributed by atoms with Crippen molar-refractivity contribution in [2.75, 3.05) is 5.32 Å². The number of hydrogen-bond acceptors (Lipinski definition) is 2. The molecule has 0 amide bonds. The first-order chi connectivity index (χ1) is 8.74. The highest BCUT2D eigenvalue weighted by atomic mass is 32.1. The predicted molar refractivity (Wildman–Crippen MR) is 70.7 cm³/mol. The summed E-state index contributed by atoms with van der Waals surface area (Å²) in [5.74, 6) is 0. The highest BCUT2D eigenvalue weighted by Crippen LogP contribution is 2.33. The van der Waals surface area contributed by atoms with Gasteiger partial charge in [-0.3, -0.25) is 0 Å². The lowest BCUT2D eigenvalue weighted by molar-refractivity contribution is -0.137. The van der Waals surface area contributed by atoms with Crippen LogP contribution in [0, 0.1) is 11.3 Å². The molecule has 1 aromatic carbocycles. The smallest absolute Gasteiger partial charge is 0.360 e. The average Bonchev–Trinajstić information content (AvgIpc) is 2.26. The van der Waals surface area contributed by atoms with Crippen molar-refractivity contribution >= 4 is 23.0 Å². The molecule has 2 N–H and O–H groups in total. The van der Waals surface area contributed by atoms with Crippen LogP contribution in [0.2, 0.25) is 0 Å². The number of nitrogens with one attached hydrogen (secondary N) is 2. The van der Waals surface area contributed by atoms with E-state index in [-0.39, 0.29) is 16.8 Å². The van der Waals surface area contributed by atoms with Crippen LogP contribution in [-0.2, 0) is 6.18 Å². The van der Waals surface area contributed by atoms with Crippen molar-refractivity contribution in [1.82, 2.24) is 5.32 Å². The van der Waals surface area contributed by atoms with Crippen molar-refractivity contribution in [2.45, 2.75) is 26.1 Å². The monoisotopic (exact) mass is 287 g/mol. The Bertz CT molecular complexity index is 518. The number of anilines is 1. The van der Waals surface area contributed by atoms with Gasteiger partial charge in [-0.15, -0.1) is 0 Å². The van der Waals surface area contributed by atoms with Gasteiger partial charge in [-0.1, -0.05) is 0 Å². The van der Waals surface area contributed by atoms with E-state index in [0.717, 1.165) is 12.1 Å². The minimum absolute atomic E-state index is 0.0699. The van der Waals surface area contributed by atoms with Crippen LogP contribution in [0.25, 0.3) is 0 Å². The quantitative estimate of drug-likeness (QED) is 0.820. The summed E-state index contributed by atoms with van der Waals surface area (Å²) in [6.07, 6.45) is -4.57. The maximum atomic E-state index is 12.7. The molecule has 0 unspecified atom stereocenters. The SMILES string of the molecule is CC(C)NC(=S)Nc1ccc(C#N)c(C(F)(F)F)c1. The molecule has 1 rings (SSSR count). The molecule has 0 aliphatic rings. The van der Waals surface area contributed by atoms with Gasteiger partial charge in [-0.2, -0.15) is 18.4 Å². The molecule has 3 nitrogen and oxygen atoms in total. The second-order valence-corrected chi connectivity index (χ2v) is 4.53. The lowest BCUT2D eigenvalue weighted by atomic mass is 10.1. The Hall–Kier alpha value is -1.81. The van der Waals surface area contributed by atoms with Crippen LogP contribution in [0.15, 0.2) is 18.2 Å². The minimum Gasteiger partial charge on any atom is -0.360 e. The largest absolute Gasteiger partial charge is 0.417 e.